The van der Waals surface area contributed by atoms with Crippen LogP contribution in [-0.2, 0) is 20.8 Å². The Kier molecular flexibility index (Phi) is 7.92. The number of pyridine rings is 1. The van der Waals surface area contributed by atoms with Gasteiger partial charge in [-0.1, -0.05) is 17.7 Å². The van der Waals surface area contributed by atoms with Crippen molar-refractivity contribution in [2.75, 3.05) is 33.5 Å². The summed E-state index contributed by atoms with van der Waals surface area (Å²) in [4.78, 5) is 3.97. The van der Waals surface area contributed by atoms with Crippen molar-refractivity contribution in [3.8, 4) is 0 Å². The Morgan fingerprint density at radius 1 is 1.12 bits per heavy atom. The van der Waals surface area contributed by atoms with Gasteiger partial charge in [-0.25, -0.2) is 4.98 Å². The molecule has 0 aliphatic carbocycles. The number of hydrogen-bond donors (Lipinski definition) is 0. The number of aromatic nitrogens is 1. The Balaban J connectivity index is 1.95. The van der Waals surface area contributed by atoms with Gasteiger partial charge in [0.25, 0.3) is 0 Å². The molecular formula is C12H18ClNO3. The van der Waals surface area contributed by atoms with Crippen molar-refractivity contribution >= 4 is 11.6 Å². The van der Waals surface area contributed by atoms with E-state index in [1.54, 1.807) is 19.4 Å². The molecule has 1 rings (SSSR count). The van der Waals surface area contributed by atoms with Gasteiger partial charge in [-0.2, -0.15) is 0 Å². The van der Waals surface area contributed by atoms with Gasteiger partial charge in [-0.05, 0) is 18.1 Å². The van der Waals surface area contributed by atoms with E-state index in [9.17, 15) is 0 Å². The molecule has 0 bridgehead atoms. The van der Waals surface area contributed by atoms with Crippen molar-refractivity contribution in [1.82, 2.24) is 4.98 Å². The molecule has 1 heterocycles. The van der Waals surface area contributed by atoms with E-state index in [-0.39, 0.29) is 0 Å². The molecule has 17 heavy (non-hydrogen) atoms. The van der Waals surface area contributed by atoms with Crippen LogP contribution in [0.15, 0.2) is 18.3 Å². The Hall–Kier alpha value is -0.680. The molecule has 0 unspecified atom stereocenters. The SMILES string of the molecule is COCCOCCCOCc1ccc(Cl)nc1. The first-order valence-electron chi connectivity index (χ1n) is 5.58. The van der Waals surface area contributed by atoms with E-state index < -0.39 is 0 Å². The van der Waals surface area contributed by atoms with Crippen LogP contribution in [0.4, 0.5) is 0 Å². The molecule has 1 aromatic rings. The highest BCUT2D eigenvalue weighted by Gasteiger charge is 1.95. The second-order valence-corrected chi connectivity index (χ2v) is 3.89. The monoisotopic (exact) mass is 259 g/mol. The number of methoxy groups -OCH3 is 1. The predicted octanol–water partition coefficient (Wildman–Crippen LogP) is 2.30. The van der Waals surface area contributed by atoms with Crippen molar-refractivity contribution in [3.63, 3.8) is 0 Å². The van der Waals surface area contributed by atoms with E-state index in [1.165, 1.54) is 0 Å². The van der Waals surface area contributed by atoms with Gasteiger partial charge in [0.1, 0.15) is 5.15 Å². The van der Waals surface area contributed by atoms with Crippen LogP contribution in [0.2, 0.25) is 5.15 Å². The number of rotatable bonds is 9. The average molecular weight is 260 g/mol. The summed E-state index contributed by atoms with van der Waals surface area (Å²) in [6.07, 6.45) is 2.60. The summed E-state index contributed by atoms with van der Waals surface area (Å²) >= 11 is 5.68. The maximum Gasteiger partial charge on any atom is 0.129 e. The van der Waals surface area contributed by atoms with Gasteiger partial charge in [0.15, 0.2) is 0 Å². The standard InChI is InChI=1S/C12H18ClNO3/c1-15-7-8-16-5-2-6-17-10-11-3-4-12(13)14-9-11/h3-4,9H,2,5-8,10H2,1H3. The third-order valence-corrected chi connectivity index (χ3v) is 2.29. The Bertz CT molecular complexity index is 292. The van der Waals surface area contributed by atoms with Crippen LogP contribution in [0, 0.1) is 0 Å². The predicted molar refractivity (Wildman–Crippen MR) is 66.2 cm³/mol. The fraction of sp³-hybridized carbons (Fsp3) is 0.583. The maximum absolute atomic E-state index is 5.68. The highest BCUT2D eigenvalue weighted by Crippen LogP contribution is 2.06. The lowest BCUT2D eigenvalue weighted by molar-refractivity contribution is 0.0483. The third-order valence-electron chi connectivity index (χ3n) is 2.07. The van der Waals surface area contributed by atoms with E-state index >= 15 is 0 Å². The molecule has 5 heteroatoms. The molecule has 0 amide bonds. The van der Waals surface area contributed by atoms with Gasteiger partial charge >= 0.3 is 0 Å². The van der Waals surface area contributed by atoms with E-state index in [1.807, 2.05) is 6.07 Å². The summed E-state index contributed by atoms with van der Waals surface area (Å²) in [5.41, 5.74) is 1.02. The van der Waals surface area contributed by atoms with Crippen molar-refractivity contribution in [1.29, 1.82) is 0 Å². The second kappa shape index (κ2) is 9.36. The lowest BCUT2D eigenvalue weighted by atomic mass is 10.3. The zero-order valence-corrected chi connectivity index (χ0v) is 10.8. The number of halogens is 1. The molecular weight excluding hydrogens is 242 g/mol. The van der Waals surface area contributed by atoms with Gasteiger partial charge in [0.05, 0.1) is 19.8 Å². The summed E-state index contributed by atoms with van der Waals surface area (Å²) < 4.78 is 15.6. The minimum Gasteiger partial charge on any atom is -0.382 e. The number of hydrogen-bond acceptors (Lipinski definition) is 4. The largest absolute Gasteiger partial charge is 0.382 e. The first kappa shape index (κ1) is 14.4. The van der Waals surface area contributed by atoms with Crippen LogP contribution >= 0.6 is 11.6 Å². The average Bonchev–Trinajstić information content (AvgIpc) is 2.35. The summed E-state index contributed by atoms with van der Waals surface area (Å²) in [6, 6.07) is 3.67. The minimum atomic E-state index is 0.500. The molecule has 0 aliphatic rings. The molecule has 0 atom stereocenters. The maximum atomic E-state index is 5.68. The highest BCUT2D eigenvalue weighted by atomic mass is 35.5. The lowest BCUT2D eigenvalue weighted by Gasteiger charge is -2.05. The smallest absolute Gasteiger partial charge is 0.129 e. The lowest BCUT2D eigenvalue weighted by Crippen LogP contribution is -2.05. The van der Waals surface area contributed by atoms with Crippen molar-refractivity contribution in [2.24, 2.45) is 0 Å². The topological polar surface area (TPSA) is 40.6 Å². The number of ether oxygens (including phenoxy) is 3. The molecule has 1 aromatic heterocycles. The van der Waals surface area contributed by atoms with Gasteiger partial charge in [0.2, 0.25) is 0 Å². The van der Waals surface area contributed by atoms with Crippen LogP contribution in [0.3, 0.4) is 0 Å². The van der Waals surface area contributed by atoms with Gasteiger partial charge in [0, 0.05) is 26.5 Å². The van der Waals surface area contributed by atoms with Crippen LogP contribution in [0.1, 0.15) is 12.0 Å². The molecule has 0 fully saturated rings. The molecule has 0 saturated heterocycles. The van der Waals surface area contributed by atoms with Crippen LogP contribution < -0.4 is 0 Å². The fourth-order valence-electron chi connectivity index (χ4n) is 1.19. The van der Waals surface area contributed by atoms with E-state index in [4.69, 9.17) is 25.8 Å². The minimum absolute atomic E-state index is 0.500. The Morgan fingerprint density at radius 3 is 2.65 bits per heavy atom. The van der Waals surface area contributed by atoms with E-state index in [2.05, 4.69) is 4.98 Å². The normalized spacial score (nSPS) is 10.7. The quantitative estimate of drug-likeness (QED) is 0.504. The first-order valence-corrected chi connectivity index (χ1v) is 5.95. The van der Waals surface area contributed by atoms with Crippen molar-refractivity contribution in [3.05, 3.63) is 29.0 Å². The van der Waals surface area contributed by atoms with Crippen molar-refractivity contribution < 1.29 is 14.2 Å². The van der Waals surface area contributed by atoms with Gasteiger partial charge in [-0.3, -0.25) is 0 Å². The summed E-state index contributed by atoms with van der Waals surface area (Å²) in [6.45, 7) is 3.20. The zero-order chi connectivity index (χ0) is 12.3. The summed E-state index contributed by atoms with van der Waals surface area (Å²) in [5, 5.41) is 0.500. The molecule has 0 aliphatic heterocycles. The van der Waals surface area contributed by atoms with Crippen LogP contribution in [0.25, 0.3) is 0 Å². The Labute approximate surface area is 107 Å². The molecule has 96 valence electrons. The number of nitrogens with zero attached hydrogens (tertiary/aromatic N) is 1. The van der Waals surface area contributed by atoms with Crippen LogP contribution in [0.5, 0.6) is 0 Å². The molecule has 0 N–H and O–H groups in total. The molecule has 4 nitrogen and oxygen atoms in total. The Morgan fingerprint density at radius 2 is 1.94 bits per heavy atom. The molecule has 0 spiro atoms. The molecule has 0 saturated carbocycles. The summed E-state index contributed by atoms with van der Waals surface area (Å²) in [7, 11) is 1.66. The highest BCUT2D eigenvalue weighted by molar-refractivity contribution is 6.29. The van der Waals surface area contributed by atoms with E-state index in [0.717, 1.165) is 12.0 Å². The third kappa shape index (κ3) is 7.28. The van der Waals surface area contributed by atoms with Gasteiger partial charge in [-0.15, -0.1) is 0 Å². The van der Waals surface area contributed by atoms with E-state index in [0.29, 0.717) is 38.2 Å². The fourth-order valence-corrected chi connectivity index (χ4v) is 1.30. The molecule has 0 aromatic carbocycles. The van der Waals surface area contributed by atoms with Gasteiger partial charge < -0.3 is 14.2 Å². The van der Waals surface area contributed by atoms with Crippen molar-refractivity contribution in [2.45, 2.75) is 13.0 Å². The zero-order valence-electron chi connectivity index (χ0n) is 10.0. The van der Waals surface area contributed by atoms with Crippen LogP contribution in [-0.4, -0.2) is 38.5 Å². The second-order valence-electron chi connectivity index (χ2n) is 3.50. The summed E-state index contributed by atoms with van der Waals surface area (Å²) in [5.74, 6) is 0. The molecule has 0 radical (unpaired) electrons. The first-order chi connectivity index (χ1) is 8.33.